The molecule has 1 aliphatic rings. The summed E-state index contributed by atoms with van der Waals surface area (Å²) >= 11 is 0. The molecule has 19 heavy (non-hydrogen) atoms. The van der Waals surface area contributed by atoms with E-state index in [9.17, 15) is 0 Å². The maximum Gasteiger partial charge on any atom is 0 e. The van der Waals surface area contributed by atoms with Crippen molar-refractivity contribution < 1.29 is 21.1 Å². The second kappa shape index (κ2) is 8.88. The average Bonchev–Trinajstić information content (AvgIpc) is 2.82. The monoisotopic (exact) mass is 432 g/mol. The quantitative estimate of drug-likeness (QED) is 0.520. The van der Waals surface area contributed by atoms with Crippen molar-refractivity contribution in [2.45, 2.75) is 6.42 Å². The van der Waals surface area contributed by atoms with E-state index in [0.29, 0.717) is 0 Å². The second-order valence-corrected chi connectivity index (χ2v) is 3.85. The first-order chi connectivity index (χ1) is 7.45. The van der Waals surface area contributed by atoms with Crippen molar-refractivity contribution in [1.82, 2.24) is 0 Å². The van der Waals surface area contributed by atoms with Crippen LogP contribution in [0.2, 0.25) is 0 Å². The molecule has 0 unspecified atom stereocenters. The molecule has 0 N–H and O–H groups in total. The van der Waals surface area contributed by atoms with Crippen molar-refractivity contribution >= 4 is 16.3 Å². The van der Waals surface area contributed by atoms with Gasteiger partial charge in [0.25, 0.3) is 0 Å². The van der Waals surface area contributed by atoms with E-state index in [1.54, 1.807) is 0 Å². The first-order valence-electron chi connectivity index (χ1n) is 5.29. The van der Waals surface area contributed by atoms with Crippen LogP contribution in [0, 0.1) is 22.3 Å². The van der Waals surface area contributed by atoms with E-state index in [4.69, 9.17) is 0 Å². The van der Waals surface area contributed by atoms with Gasteiger partial charge in [0.15, 0.2) is 0 Å². The topological polar surface area (TPSA) is 0 Å². The Bertz CT molecular complexity index is 559. The van der Waals surface area contributed by atoms with Gasteiger partial charge in [-0.15, -0.1) is 0 Å². The van der Waals surface area contributed by atoms with Crippen LogP contribution in [0.4, 0.5) is 0 Å². The third kappa shape index (κ3) is 3.91. The van der Waals surface area contributed by atoms with Gasteiger partial charge in [-0.05, 0) is 28.3 Å². The molecule has 3 rings (SSSR count). The summed E-state index contributed by atoms with van der Waals surface area (Å²) in [6, 6.07) is 15.1. The average molecular weight is 432 g/mol. The summed E-state index contributed by atoms with van der Waals surface area (Å²) in [6.07, 6.45) is 7.62. The van der Waals surface area contributed by atoms with Crippen molar-refractivity contribution in [2.24, 2.45) is 0 Å². The summed E-state index contributed by atoms with van der Waals surface area (Å²) in [5.74, 6) is 0. The number of hydrogen-bond acceptors (Lipinski definition) is 0. The van der Waals surface area contributed by atoms with Gasteiger partial charge in [0, 0.05) is 21.1 Å². The van der Waals surface area contributed by atoms with Crippen molar-refractivity contribution in [3.63, 3.8) is 0 Å². The molecule has 0 saturated heterocycles. The maximum atomic E-state index is 2.21. The van der Waals surface area contributed by atoms with Crippen molar-refractivity contribution in [3.8, 4) is 0 Å². The van der Waals surface area contributed by atoms with E-state index in [-0.39, 0.29) is 43.3 Å². The third-order valence-corrected chi connectivity index (χ3v) is 2.91. The normalized spacial score (nSPS) is 11.5. The summed E-state index contributed by atoms with van der Waals surface area (Å²) in [5.41, 5.74) is 2.80. The van der Waals surface area contributed by atoms with E-state index < -0.39 is 0 Å². The zero-order valence-electron chi connectivity index (χ0n) is 11.8. The molecule has 0 radical (unpaired) electrons. The maximum absolute atomic E-state index is 2.21. The molecule has 0 nitrogen and oxygen atoms in total. The van der Waals surface area contributed by atoms with Crippen LogP contribution < -0.4 is 0 Å². The Kier molecular flexibility index (Phi) is 9.44. The van der Waals surface area contributed by atoms with Gasteiger partial charge in [-0.1, -0.05) is 60.7 Å². The molecule has 1 aliphatic carbocycles. The number of hydrogen-bond donors (Lipinski definition) is 0. The fourth-order valence-electron chi connectivity index (χ4n) is 2.15. The first kappa shape index (κ1) is 20.2. The number of benzene rings is 2. The summed E-state index contributed by atoms with van der Waals surface area (Å²) in [4.78, 5) is 0. The SMILES string of the molecule is C1=CCC(c2cccc3ccccc23)=C1.[CH3-].[CH3-].[CH3-].[Pt]. The Morgan fingerprint density at radius 2 is 1.47 bits per heavy atom. The van der Waals surface area contributed by atoms with E-state index in [2.05, 4.69) is 60.7 Å². The minimum absolute atomic E-state index is 0. The third-order valence-electron chi connectivity index (χ3n) is 2.91. The number of fused-ring (bicyclic) bond motifs is 1. The molecule has 2 aromatic carbocycles. The van der Waals surface area contributed by atoms with Crippen LogP contribution in [0.1, 0.15) is 12.0 Å². The Labute approximate surface area is 132 Å². The van der Waals surface area contributed by atoms with E-state index >= 15 is 0 Å². The van der Waals surface area contributed by atoms with Crippen LogP contribution in [0.3, 0.4) is 0 Å². The van der Waals surface area contributed by atoms with Gasteiger partial charge in [0.2, 0.25) is 0 Å². The largest absolute Gasteiger partial charge is 0.358 e. The van der Waals surface area contributed by atoms with E-state index in [1.165, 1.54) is 21.9 Å². The van der Waals surface area contributed by atoms with Crippen molar-refractivity contribution in [2.75, 3.05) is 0 Å². The zero-order valence-corrected chi connectivity index (χ0v) is 14.1. The molecular weight excluding hydrogens is 411 g/mol. The fraction of sp³-hybridized carbons (Fsp3) is 0.0556. The number of rotatable bonds is 1. The van der Waals surface area contributed by atoms with Gasteiger partial charge >= 0.3 is 0 Å². The fourth-order valence-corrected chi connectivity index (χ4v) is 2.15. The molecule has 0 bridgehead atoms. The minimum Gasteiger partial charge on any atom is -0.358 e. The van der Waals surface area contributed by atoms with Crippen molar-refractivity contribution in [3.05, 3.63) is 88.5 Å². The second-order valence-electron chi connectivity index (χ2n) is 3.85. The molecular formula is C18H21Pt-3. The Morgan fingerprint density at radius 3 is 2.16 bits per heavy atom. The van der Waals surface area contributed by atoms with Crippen LogP contribution in [-0.4, -0.2) is 0 Å². The van der Waals surface area contributed by atoms with E-state index in [1.807, 2.05) is 0 Å². The summed E-state index contributed by atoms with van der Waals surface area (Å²) in [6.45, 7) is 0. The molecule has 0 heterocycles. The van der Waals surface area contributed by atoms with Gasteiger partial charge in [-0.2, -0.15) is 0 Å². The zero-order chi connectivity index (χ0) is 10.1. The van der Waals surface area contributed by atoms with Crippen LogP contribution in [0.5, 0.6) is 0 Å². The minimum atomic E-state index is 0. The molecule has 106 valence electrons. The molecule has 2 aromatic rings. The van der Waals surface area contributed by atoms with Gasteiger partial charge in [-0.3, -0.25) is 0 Å². The van der Waals surface area contributed by atoms with E-state index in [0.717, 1.165) is 6.42 Å². The van der Waals surface area contributed by atoms with Gasteiger partial charge in [0.1, 0.15) is 0 Å². The molecule has 0 spiro atoms. The van der Waals surface area contributed by atoms with Crippen molar-refractivity contribution in [1.29, 1.82) is 0 Å². The van der Waals surface area contributed by atoms with Gasteiger partial charge in [0.05, 0.1) is 0 Å². The Morgan fingerprint density at radius 1 is 0.789 bits per heavy atom. The molecule has 0 aliphatic heterocycles. The predicted octanol–water partition coefficient (Wildman–Crippen LogP) is 5.53. The summed E-state index contributed by atoms with van der Waals surface area (Å²) in [7, 11) is 0. The smallest absolute Gasteiger partial charge is 0 e. The molecule has 0 fully saturated rings. The van der Waals surface area contributed by atoms with Gasteiger partial charge in [-0.25, -0.2) is 0 Å². The molecule has 0 amide bonds. The molecule has 0 atom stereocenters. The number of allylic oxidation sites excluding steroid dienone is 4. The van der Waals surface area contributed by atoms with Gasteiger partial charge < -0.3 is 22.3 Å². The van der Waals surface area contributed by atoms with Crippen LogP contribution in [0.15, 0.2) is 60.7 Å². The molecule has 0 saturated carbocycles. The first-order valence-corrected chi connectivity index (χ1v) is 5.29. The Hall–Kier alpha value is -1.13. The van der Waals surface area contributed by atoms with Crippen LogP contribution in [0.25, 0.3) is 16.3 Å². The Balaban J connectivity index is 0. The molecule has 0 aromatic heterocycles. The predicted molar refractivity (Wildman–Crippen MR) is 84.9 cm³/mol. The van der Waals surface area contributed by atoms with Crippen LogP contribution >= 0.6 is 0 Å². The van der Waals surface area contributed by atoms with Crippen LogP contribution in [-0.2, 0) is 21.1 Å². The summed E-state index contributed by atoms with van der Waals surface area (Å²) < 4.78 is 0. The molecule has 1 heteroatoms. The standard InChI is InChI=1S/C15H12.3CH3.Pt/c1-2-7-12(6-1)15-11-5-9-13-8-3-4-10-14(13)15;;;;/h1-6,8-11H,7H2;3*1H3;/q;3*-1;. The summed E-state index contributed by atoms with van der Waals surface area (Å²) in [5, 5.41) is 2.68.